The molecule has 0 amide bonds. The fraction of sp³-hybridized carbons (Fsp3) is 0.231. The van der Waals surface area contributed by atoms with E-state index in [1.807, 2.05) is 0 Å². The van der Waals surface area contributed by atoms with Gasteiger partial charge < -0.3 is 4.98 Å². The summed E-state index contributed by atoms with van der Waals surface area (Å²) in [5.41, 5.74) is 2.36. The van der Waals surface area contributed by atoms with Crippen LogP contribution < -0.4 is 0 Å². The molecule has 1 heterocycles. The number of nitriles is 1. The Morgan fingerprint density at radius 3 is 3.00 bits per heavy atom. The number of nitrogens with one attached hydrogen (secondary N) is 1. The van der Waals surface area contributed by atoms with Crippen molar-refractivity contribution in [1.82, 2.24) is 9.97 Å². The van der Waals surface area contributed by atoms with Crippen molar-refractivity contribution in [3.63, 3.8) is 0 Å². The van der Waals surface area contributed by atoms with E-state index in [-0.39, 0.29) is 5.82 Å². The molecule has 1 aromatic carbocycles. The number of hydrogen-bond acceptors (Lipinski definition) is 2. The maximum Gasteiger partial charge on any atom is 0.126 e. The lowest BCUT2D eigenvalue weighted by molar-refractivity contribution is 0.619. The number of aromatic nitrogens is 2. The van der Waals surface area contributed by atoms with Gasteiger partial charge in [-0.3, -0.25) is 0 Å². The number of rotatable bonds is 3. The molecule has 2 aromatic rings. The van der Waals surface area contributed by atoms with Crippen molar-refractivity contribution in [3.05, 3.63) is 41.6 Å². The van der Waals surface area contributed by atoms with Crippen molar-refractivity contribution in [1.29, 1.82) is 5.26 Å². The van der Waals surface area contributed by atoms with Crippen LogP contribution in [0.4, 0.5) is 4.39 Å². The molecule has 3 nitrogen and oxygen atoms in total. The van der Waals surface area contributed by atoms with Gasteiger partial charge in [0.05, 0.1) is 18.0 Å². The Labute approximate surface area is 98.9 Å². The molecule has 0 saturated heterocycles. The first-order valence-electron chi connectivity index (χ1n) is 5.38. The summed E-state index contributed by atoms with van der Waals surface area (Å²) in [6, 6.07) is 7.00. The number of imidazole rings is 1. The minimum Gasteiger partial charge on any atom is -0.342 e. The molecular formula is C13H12FN3. The van der Waals surface area contributed by atoms with Crippen LogP contribution in [0.25, 0.3) is 11.3 Å². The highest BCUT2D eigenvalue weighted by atomic mass is 19.1. The summed E-state index contributed by atoms with van der Waals surface area (Å²) < 4.78 is 13.1. The predicted molar refractivity (Wildman–Crippen MR) is 62.7 cm³/mol. The molecule has 0 aliphatic rings. The lowest BCUT2D eigenvalue weighted by Crippen LogP contribution is -1.87. The van der Waals surface area contributed by atoms with E-state index < -0.39 is 0 Å². The van der Waals surface area contributed by atoms with Crippen molar-refractivity contribution in [3.8, 4) is 17.3 Å². The zero-order valence-corrected chi connectivity index (χ0v) is 9.50. The SMILES string of the molecule is Cc1cc(-c2cnc(CCC#N)[nH]2)ccc1F. The number of hydrogen-bond donors (Lipinski definition) is 1. The smallest absolute Gasteiger partial charge is 0.126 e. The van der Waals surface area contributed by atoms with Crippen LogP contribution in [-0.4, -0.2) is 9.97 Å². The van der Waals surface area contributed by atoms with E-state index in [1.54, 1.807) is 25.3 Å². The molecule has 0 atom stereocenters. The highest BCUT2D eigenvalue weighted by Crippen LogP contribution is 2.20. The third-order valence-electron chi connectivity index (χ3n) is 2.57. The molecule has 0 aliphatic carbocycles. The van der Waals surface area contributed by atoms with Gasteiger partial charge in [-0.25, -0.2) is 9.37 Å². The summed E-state index contributed by atoms with van der Waals surface area (Å²) in [5, 5.41) is 8.48. The number of halogens is 1. The van der Waals surface area contributed by atoms with Gasteiger partial charge in [-0.05, 0) is 30.7 Å². The van der Waals surface area contributed by atoms with E-state index >= 15 is 0 Å². The van der Waals surface area contributed by atoms with Gasteiger partial charge in [-0.2, -0.15) is 5.26 Å². The van der Waals surface area contributed by atoms with Gasteiger partial charge in [0.1, 0.15) is 11.6 Å². The van der Waals surface area contributed by atoms with E-state index in [2.05, 4.69) is 16.0 Å². The molecule has 0 fully saturated rings. The summed E-state index contributed by atoms with van der Waals surface area (Å²) in [6.07, 6.45) is 2.76. The van der Waals surface area contributed by atoms with E-state index in [0.29, 0.717) is 18.4 Å². The zero-order chi connectivity index (χ0) is 12.3. The summed E-state index contributed by atoms with van der Waals surface area (Å²) >= 11 is 0. The van der Waals surface area contributed by atoms with Crippen LogP contribution in [0, 0.1) is 24.1 Å². The molecule has 86 valence electrons. The second kappa shape index (κ2) is 4.79. The monoisotopic (exact) mass is 229 g/mol. The highest BCUT2D eigenvalue weighted by molar-refractivity contribution is 5.59. The second-order valence-electron chi connectivity index (χ2n) is 3.87. The molecule has 1 N–H and O–H groups in total. The average Bonchev–Trinajstić information content (AvgIpc) is 2.79. The molecule has 0 saturated carbocycles. The molecule has 17 heavy (non-hydrogen) atoms. The first-order chi connectivity index (χ1) is 8.20. The average molecular weight is 229 g/mol. The fourth-order valence-electron chi connectivity index (χ4n) is 1.62. The van der Waals surface area contributed by atoms with Crippen LogP contribution in [-0.2, 0) is 6.42 Å². The topological polar surface area (TPSA) is 52.5 Å². The number of aryl methyl sites for hydroxylation is 2. The molecule has 0 unspecified atom stereocenters. The molecule has 0 bridgehead atoms. The Hall–Kier alpha value is -2.15. The number of aromatic amines is 1. The molecule has 4 heteroatoms. The molecule has 2 rings (SSSR count). The molecule has 0 spiro atoms. The first kappa shape index (κ1) is 11.3. The Morgan fingerprint density at radius 1 is 1.47 bits per heavy atom. The van der Waals surface area contributed by atoms with Crippen molar-refractivity contribution in [2.24, 2.45) is 0 Å². The van der Waals surface area contributed by atoms with Crippen LogP contribution in [0.2, 0.25) is 0 Å². The third-order valence-corrected chi connectivity index (χ3v) is 2.57. The maximum atomic E-state index is 13.1. The maximum absolute atomic E-state index is 13.1. The van der Waals surface area contributed by atoms with E-state index in [1.165, 1.54) is 6.07 Å². The van der Waals surface area contributed by atoms with Crippen LogP contribution in [0.3, 0.4) is 0 Å². The molecule has 0 aliphatic heterocycles. The van der Waals surface area contributed by atoms with Crippen LogP contribution >= 0.6 is 0 Å². The summed E-state index contributed by atoms with van der Waals surface area (Å²) in [6.45, 7) is 1.73. The second-order valence-corrected chi connectivity index (χ2v) is 3.87. The molecular weight excluding hydrogens is 217 g/mol. The first-order valence-corrected chi connectivity index (χ1v) is 5.38. The third kappa shape index (κ3) is 2.51. The van der Waals surface area contributed by atoms with Crippen LogP contribution in [0.1, 0.15) is 17.8 Å². The Balaban J connectivity index is 2.25. The minimum atomic E-state index is -0.210. The predicted octanol–water partition coefficient (Wildman–Crippen LogP) is 2.98. The lowest BCUT2D eigenvalue weighted by atomic mass is 10.1. The number of H-pyrrole nitrogens is 1. The van der Waals surface area contributed by atoms with Gasteiger partial charge in [0, 0.05) is 18.4 Å². The lowest BCUT2D eigenvalue weighted by Gasteiger charge is -2.00. The minimum absolute atomic E-state index is 0.210. The van der Waals surface area contributed by atoms with E-state index in [0.717, 1.165) is 17.1 Å². The van der Waals surface area contributed by atoms with Gasteiger partial charge >= 0.3 is 0 Å². The Bertz CT molecular complexity index is 566. The van der Waals surface area contributed by atoms with Crippen LogP contribution in [0.15, 0.2) is 24.4 Å². The number of benzene rings is 1. The van der Waals surface area contributed by atoms with Gasteiger partial charge in [0.2, 0.25) is 0 Å². The van der Waals surface area contributed by atoms with E-state index in [4.69, 9.17) is 5.26 Å². The standard InChI is InChI=1S/C13H12FN3/c1-9-7-10(4-5-11(9)14)12-8-16-13(17-12)3-2-6-15/h4-5,7-8H,2-3H2,1H3,(H,16,17). The summed E-state index contributed by atoms with van der Waals surface area (Å²) in [7, 11) is 0. The Kier molecular flexibility index (Phi) is 3.20. The van der Waals surface area contributed by atoms with E-state index in [9.17, 15) is 4.39 Å². The van der Waals surface area contributed by atoms with Gasteiger partial charge in [0.25, 0.3) is 0 Å². The Morgan fingerprint density at radius 2 is 2.29 bits per heavy atom. The molecule has 0 radical (unpaired) electrons. The normalized spacial score (nSPS) is 10.2. The van der Waals surface area contributed by atoms with Crippen molar-refractivity contribution < 1.29 is 4.39 Å². The molecule has 1 aromatic heterocycles. The fourth-order valence-corrected chi connectivity index (χ4v) is 1.62. The van der Waals surface area contributed by atoms with Crippen LogP contribution in [0.5, 0.6) is 0 Å². The van der Waals surface area contributed by atoms with Gasteiger partial charge in [-0.15, -0.1) is 0 Å². The van der Waals surface area contributed by atoms with Crippen molar-refractivity contribution in [2.75, 3.05) is 0 Å². The zero-order valence-electron chi connectivity index (χ0n) is 9.50. The van der Waals surface area contributed by atoms with Gasteiger partial charge in [0.15, 0.2) is 0 Å². The largest absolute Gasteiger partial charge is 0.342 e. The highest BCUT2D eigenvalue weighted by Gasteiger charge is 2.05. The van der Waals surface area contributed by atoms with Gasteiger partial charge in [-0.1, -0.05) is 0 Å². The number of nitrogens with zero attached hydrogens (tertiary/aromatic N) is 2. The van der Waals surface area contributed by atoms with Crippen molar-refractivity contribution in [2.45, 2.75) is 19.8 Å². The summed E-state index contributed by atoms with van der Waals surface area (Å²) in [4.78, 5) is 7.31. The van der Waals surface area contributed by atoms with Crippen molar-refractivity contribution >= 4 is 0 Å². The summed E-state index contributed by atoms with van der Waals surface area (Å²) in [5.74, 6) is 0.571. The quantitative estimate of drug-likeness (QED) is 0.879.